The van der Waals surface area contributed by atoms with Crippen LogP contribution in [0, 0.1) is 5.92 Å². The first-order valence-corrected chi connectivity index (χ1v) is 10.9. The van der Waals surface area contributed by atoms with Crippen LogP contribution in [0.2, 0.25) is 0 Å². The fourth-order valence-corrected chi connectivity index (χ4v) is 4.40. The minimum Gasteiger partial charge on any atom is -0.490 e. The van der Waals surface area contributed by atoms with Crippen LogP contribution in [0.25, 0.3) is 0 Å². The number of carbonyl (C=O) groups is 2. The first-order chi connectivity index (χ1) is 14.4. The molecule has 0 unspecified atom stereocenters. The third-order valence-corrected chi connectivity index (χ3v) is 6.23. The van der Waals surface area contributed by atoms with Crippen LogP contribution >= 0.6 is 0 Å². The number of piperidine rings is 1. The van der Waals surface area contributed by atoms with Crippen LogP contribution in [-0.4, -0.2) is 68.9 Å². The Balaban J connectivity index is 0.00000341. The lowest BCUT2D eigenvalue weighted by Crippen LogP contribution is -2.53. The maximum Gasteiger partial charge on any atom is 1.00 e. The lowest BCUT2D eigenvalue weighted by Gasteiger charge is -2.46. The molecule has 2 aliphatic rings. The van der Waals surface area contributed by atoms with Crippen LogP contribution in [0.3, 0.4) is 0 Å². The summed E-state index contributed by atoms with van der Waals surface area (Å²) in [5.74, 6) is 0.180. The van der Waals surface area contributed by atoms with Gasteiger partial charge in [-0.2, -0.15) is 0 Å². The fraction of sp³-hybridized carbons (Fsp3) is 0.652. The second-order valence-corrected chi connectivity index (χ2v) is 8.54. The monoisotopic (exact) mass is 419 g/mol. The summed E-state index contributed by atoms with van der Waals surface area (Å²) < 4.78 is 15.7. The van der Waals surface area contributed by atoms with Gasteiger partial charge in [-0.15, -0.1) is 0 Å². The van der Waals surface area contributed by atoms with Crippen molar-refractivity contribution in [2.45, 2.75) is 57.7 Å². The van der Waals surface area contributed by atoms with E-state index < -0.39 is 11.9 Å². The van der Waals surface area contributed by atoms with Crippen LogP contribution in [0.4, 0.5) is 0 Å². The summed E-state index contributed by atoms with van der Waals surface area (Å²) >= 11 is 0. The zero-order valence-electron chi connectivity index (χ0n) is 19.5. The highest BCUT2D eigenvalue weighted by Crippen LogP contribution is 2.33. The first kappa shape index (κ1) is 22.6. The molecule has 1 aromatic rings. The van der Waals surface area contributed by atoms with Gasteiger partial charge in [-0.25, -0.2) is 9.59 Å². The van der Waals surface area contributed by atoms with E-state index in [0.717, 1.165) is 38.4 Å². The van der Waals surface area contributed by atoms with Crippen molar-refractivity contribution in [1.29, 1.82) is 0 Å². The summed E-state index contributed by atoms with van der Waals surface area (Å²) in [6.45, 7) is 7.93. The molecular formula is C23H35N2O5+. The maximum atomic E-state index is 12.1. The zero-order chi connectivity index (χ0) is 21.7. The third-order valence-electron chi connectivity index (χ3n) is 6.23. The predicted octanol–water partition coefficient (Wildman–Crippen LogP) is 2.99. The maximum absolute atomic E-state index is 12.1. The molecule has 0 radical (unpaired) electrons. The number of benzene rings is 1. The minimum absolute atomic E-state index is 0. The largest absolute Gasteiger partial charge is 1.00 e. The number of nitrogens with zero attached hydrogens (tertiary/aromatic N) is 1. The molecule has 166 valence electrons. The fourth-order valence-electron chi connectivity index (χ4n) is 4.40. The van der Waals surface area contributed by atoms with Crippen molar-refractivity contribution < 1.29 is 25.2 Å². The van der Waals surface area contributed by atoms with Gasteiger partial charge < -0.3 is 19.5 Å². The molecule has 1 saturated heterocycles. The van der Waals surface area contributed by atoms with E-state index in [2.05, 4.69) is 24.1 Å². The Morgan fingerprint density at radius 3 is 2.33 bits per heavy atom. The van der Waals surface area contributed by atoms with Gasteiger partial charge in [0.15, 0.2) is 0 Å². The Kier molecular flexibility index (Phi) is 7.72. The van der Waals surface area contributed by atoms with Crippen LogP contribution in [0.1, 0.15) is 61.7 Å². The number of hydrogen-bond acceptors (Lipinski definition) is 7. The van der Waals surface area contributed by atoms with Gasteiger partial charge in [-0.3, -0.25) is 4.90 Å². The molecule has 0 aromatic heterocycles. The standard InChI is InChI=1S/C23H34N2O5/c1-15(2)25(14-16-7-9-24-10-8-16)17-11-19(12-17)30-18-5-6-20(22(26)28-3)21(13-18)23(27)29-4/h5-6,13,15-17,19,24H,7-12,14H2,1-4H3/p+1. The molecule has 0 amide bonds. The van der Waals surface area contributed by atoms with Crippen LogP contribution in [0.5, 0.6) is 5.75 Å². The third kappa shape index (κ3) is 5.32. The molecule has 0 spiro atoms. The molecule has 1 saturated carbocycles. The molecule has 30 heavy (non-hydrogen) atoms. The molecule has 1 N–H and O–H groups in total. The van der Waals surface area contributed by atoms with E-state index in [0.29, 0.717) is 17.8 Å². The number of ether oxygens (including phenoxy) is 3. The molecule has 7 heteroatoms. The van der Waals surface area contributed by atoms with Gasteiger partial charge in [0, 0.05) is 31.5 Å². The van der Waals surface area contributed by atoms with Crippen LogP contribution in [-0.2, 0) is 9.47 Å². The Morgan fingerprint density at radius 1 is 1.10 bits per heavy atom. The average Bonchev–Trinajstić information content (AvgIpc) is 2.74. The van der Waals surface area contributed by atoms with E-state index in [9.17, 15) is 9.59 Å². The number of esters is 2. The Labute approximate surface area is 180 Å². The number of hydrogen-bond donors (Lipinski definition) is 1. The van der Waals surface area contributed by atoms with Gasteiger partial charge in [0.05, 0.1) is 25.3 Å². The van der Waals surface area contributed by atoms with Crippen molar-refractivity contribution in [3.05, 3.63) is 29.3 Å². The van der Waals surface area contributed by atoms with Crippen molar-refractivity contribution in [2.24, 2.45) is 5.92 Å². The Bertz CT molecular complexity index is 745. The molecule has 0 bridgehead atoms. The highest BCUT2D eigenvalue weighted by Gasteiger charge is 2.37. The average molecular weight is 420 g/mol. The lowest BCUT2D eigenvalue weighted by molar-refractivity contribution is -0.00707. The molecular weight excluding hydrogens is 384 g/mol. The number of rotatable bonds is 8. The highest BCUT2D eigenvalue weighted by atomic mass is 16.5. The summed E-state index contributed by atoms with van der Waals surface area (Å²) in [5.41, 5.74) is 0.337. The van der Waals surface area contributed by atoms with E-state index in [-0.39, 0.29) is 18.7 Å². The SMILES string of the molecule is COC(=O)c1ccc(OC2CC(N(CC3CCNCC3)C(C)C)C2)cc1C(=O)OC.[H+]. The van der Waals surface area contributed by atoms with E-state index >= 15 is 0 Å². The molecule has 1 aromatic carbocycles. The van der Waals surface area contributed by atoms with Gasteiger partial charge in [0.2, 0.25) is 0 Å². The lowest BCUT2D eigenvalue weighted by atomic mass is 9.85. The number of carbonyl (C=O) groups excluding carboxylic acids is 2. The van der Waals surface area contributed by atoms with Crippen LogP contribution in [0.15, 0.2) is 18.2 Å². The van der Waals surface area contributed by atoms with Crippen molar-refractivity contribution in [2.75, 3.05) is 33.9 Å². The molecule has 1 heterocycles. The van der Waals surface area contributed by atoms with Crippen molar-refractivity contribution in [3.8, 4) is 5.75 Å². The summed E-state index contributed by atoms with van der Waals surface area (Å²) in [4.78, 5) is 26.6. The van der Waals surface area contributed by atoms with Crippen molar-refractivity contribution in [1.82, 2.24) is 10.2 Å². The smallest absolute Gasteiger partial charge is 0.490 e. The van der Waals surface area contributed by atoms with E-state index in [1.807, 2.05) is 0 Å². The molecule has 2 fully saturated rings. The molecule has 1 aliphatic heterocycles. The van der Waals surface area contributed by atoms with Gasteiger partial charge in [0.1, 0.15) is 11.9 Å². The summed E-state index contributed by atoms with van der Waals surface area (Å²) in [6.07, 6.45) is 4.54. The molecule has 7 nitrogen and oxygen atoms in total. The normalized spacial score (nSPS) is 21.9. The zero-order valence-corrected chi connectivity index (χ0v) is 18.5. The highest BCUT2D eigenvalue weighted by molar-refractivity contribution is 6.03. The van der Waals surface area contributed by atoms with E-state index in [1.165, 1.54) is 27.1 Å². The Morgan fingerprint density at radius 2 is 1.73 bits per heavy atom. The number of nitrogens with one attached hydrogen (secondary N) is 1. The second kappa shape index (κ2) is 10.3. The van der Waals surface area contributed by atoms with E-state index in [1.54, 1.807) is 18.2 Å². The quantitative estimate of drug-likeness (QED) is 0.649. The molecule has 0 atom stereocenters. The molecule has 1 aliphatic carbocycles. The number of methoxy groups -OCH3 is 2. The predicted molar refractivity (Wildman–Crippen MR) is 115 cm³/mol. The summed E-state index contributed by atoms with van der Waals surface area (Å²) in [7, 11) is 2.57. The first-order valence-electron chi connectivity index (χ1n) is 10.9. The van der Waals surface area contributed by atoms with Gasteiger partial charge in [-0.05, 0) is 63.9 Å². The van der Waals surface area contributed by atoms with Gasteiger partial charge in [0.25, 0.3) is 0 Å². The summed E-state index contributed by atoms with van der Waals surface area (Å²) in [6, 6.07) is 5.87. The summed E-state index contributed by atoms with van der Waals surface area (Å²) in [5, 5.41) is 3.44. The van der Waals surface area contributed by atoms with Crippen molar-refractivity contribution in [3.63, 3.8) is 0 Å². The van der Waals surface area contributed by atoms with Gasteiger partial charge >= 0.3 is 13.4 Å². The Hall–Kier alpha value is -2.12. The van der Waals surface area contributed by atoms with Crippen molar-refractivity contribution >= 4 is 11.9 Å². The minimum atomic E-state index is -0.583. The molecule has 3 rings (SSSR count). The topological polar surface area (TPSA) is 77.1 Å². The van der Waals surface area contributed by atoms with E-state index in [4.69, 9.17) is 14.2 Å². The van der Waals surface area contributed by atoms with Gasteiger partial charge in [-0.1, -0.05) is 0 Å². The van der Waals surface area contributed by atoms with Crippen LogP contribution < -0.4 is 10.1 Å². The second-order valence-electron chi connectivity index (χ2n) is 8.54.